The minimum Gasteiger partial charge on any atom is -0.400 e. The van der Waals surface area contributed by atoms with Gasteiger partial charge in [-0.2, -0.15) is 0 Å². The molecule has 2 aliphatic heterocycles. The maximum absolute atomic E-state index is 14.8. The van der Waals surface area contributed by atoms with Crippen molar-refractivity contribution in [3.05, 3.63) is 76.0 Å². The summed E-state index contributed by atoms with van der Waals surface area (Å²) in [7, 11) is 1.00. The molecule has 0 radical (unpaired) electrons. The summed E-state index contributed by atoms with van der Waals surface area (Å²) in [4.78, 5) is 6.51. The van der Waals surface area contributed by atoms with E-state index in [9.17, 15) is 9.50 Å². The number of nitrogens with zero attached hydrogens (tertiary/aromatic N) is 1. The van der Waals surface area contributed by atoms with Gasteiger partial charge in [-0.05, 0) is 60.9 Å². The number of aliphatic hydroxyl groups is 2. The van der Waals surface area contributed by atoms with Crippen LogP contribution in [0.15, 0.2) is 48.7 Å². The molecule has 3 aromatic rings. The van der Waals surface area contributed by atoms with Crippen molar-refractivity contribution in [1.82, 2.24) is 4.98 Å². The van der Waals surface area contributed by atoms with Crippen molar-refractivity contribution in [2.75, 3.05) is 7.11 Å². The smallest absolute Gasteiger partial charge is 0.198 e. The van der Waals surface area contributed by atoms with Crippen molar-refractivity contribution in [2.24, 2.45) is 0 Å². The minimum atomic E-state index is -0.969. The standard InChI is InChI=1S/C23H22FNO3S.CH4O/c1-14-8-17(26)12-23(28-14)19-10-15(20(24)11-16(19)13-27-23)9-18-5-6-22(29-18)21-4-2-3-7-25-21;1-2/h2-7,10-11,14,17,26H,8-9,12-13H2,1H3;2H,1H3/t14?,17?,23-;/m1./s1. The second kappa shape index (κ2) is 9.14. The highest BCUT2D eigenvalue weighted by atomic mass is 32.1. The van der Waals surface area contributed by atoms with Crippen LogP contribution >= 0.6 is 11.3 Å². The maximum atomic E-state index is 14.8. The van der Waals surface area contributed by atoms with Gasteiger partial charge in [0.15, 0.2) is 5.79 Å². The number of aromatic nitrogens is 1. The van der Waals surface area contributed by atoms with Gasteiger partial charge in [-0.25, -0.2) is 4.39 Å². The van der Waals surface area contributed by atoms with E-state index in [2.05, 4.69) is 4.98 Å². The molecule has 0 amide bonds. The van der Waals surface area contributed by atoms with Gasteiger partial charge < -0.3 is 19.7 Å². The number of thiophene rings is 1. The Morgan fingerprint density at radius 3 is 2.81 bits per heavy atom. The Bertz CT molecular complexity index is 1030. The summed E-state index contributed by atoms with van der Waals surface area (Å²) >= 11 is 1.62. The zero-order valence-electron chi connectivity index (χ0n) is 17.5. The number of aliphatic hydroxyl groups excluding tert-OH is 2. The van der Waals surface area contributed by atoms with Crippen LogP contribution in [-0.4, -0.2) is 34.5 Å². The van der Waals surface area contributed by atoms with Gasteiger partial charge in [0, 0.05) is 36.6 Å². The number of halogens is 1. The number of hydrogen-bond donors (Lipinski definition) is 2. The molecule has 2 aromatic heterocycles. The molecule has 2 N–H and O–H groups in total. The molecule has 2 aliphatic rings. The SMILES string of the molecule is CC1CC(O)C[C@@]2(OCc3cc(F)c(Cc4ccc(-c5ccccn5)s4)cc32)O1.CO. The first-order valence-electron chi connectivity index (χ1n) is 10.3. The lowest BCUT2D eigenvalue weighted by Gasteiger charge is -2.39. The van der Waals surface area contributed by atoms with E-state index >= 15 is 0 Å². The molecule has 4 heterocycles. The predicted octanol–water partition coefficient (Wildman–Crippen LogP) is 4.39. The fraction of sp³-hybridized carbons (Fsp3) is 0.375. The summed E-state index contributed by atoms with van der Waals surface area (Å²) in [5.41, 5.74) is 3.18. The molecule has 1 fully saturated rings. The zero-order chi connectivity index (χ0) is 22.0. The van der Waals surface area contributed by atoms with Crippen LogP contribution in [0.5, 0.6) is 0 Å². The lowest BCUT2D eigenvalue weighted by atomic mass is 9.90. The quantitative estimate of drug-likeness (QED) is 0.628. The summed E-state index contributed by atoms with van der Waals surface area (Å²) in [6.07, 6.45) is 2.62. The highest BCUT2D eigenvalue weighted by Gasteiger charge is 2.47. The number of ether oxygens (including phenoxy) is 2. The van der Waals surface area contributed by atoms with E-state index in [-0.39, 0.29) is 11.9 Å². The van der Waals surface area contributed by atoms with Crippen LogP contribution in [-0.2, 0) is 28.3 Å². The Morgan fingerprint density at radius 2 is 2.06 bits per heavy atom. The van der Waals surface area contributed by atoms with Crippen molar-refractivity contribution >= 4 is 11.3 Å². The monoisotopic (exact) mass is 443 g/mol. The Balaban J connectivity index is 0.00000112. The molecule has 0 saturated carbocycles. The molecule has 1 saturated heterocycles. The van der Waals surface area contributed by atoms with Gasteiger partial charge in [0.2, 0.25) is 0 Å². The van der Waals surface area contributed by atoms with Gasteiger partial charge in [0.05, 0.1) is 29.4 Å². The molecule has 7 heteroatoms. The van der Waals surface area contributed by atoms with Gasteiger partial charge in [-0.15, -0.1) is 11.3 Å². The fourth-order valence-corrected chi connectivity index (χ4v) is 5.32. The average Bonchev–Trinajstić information content (AvgIpc) is 3.35. The first-order chi connectivity index (χ1) is 15.0. The number of pyridine rings is 1. The van der Waals surface area contributed by atoms with E-state index in [1.54, 1.807) is 23.6 Å². The molecule has 5 rings (SSSR count). The van der Waals surface area contributed by atoms with Crippen LogP contribution in [0.1, 0.15) is 41.3 Å². The molecule has 5 nitrogen and oxygen atoms in total. The van der Waals surface area contributed by atoms with E-state index in [0.29, 0.717) is 31.4 Å². The second-order valence-electron chi connectivity index (χ2n) is 7.82. The number of hydrogen-bond acceptors (Lipinski definition) is 6. The van der Waals surface area contributed by atoms with Gasteiger partial charge in [0.25, 0.3) is 0 Å². The molecule has 1 spiro atoms. The summed E-state index contributed by atoms with van der Waals surface area (Å²) < 4.78 is 26.9. The lowest BCUT2D eigenvalue weighted by molar-refractivity contribution is -0.295. The van der Waals surface area contributed by atoms with Crippen molar-refractivity contribution in [1.29, 1.82) is 0 Å². The molecule has 1 aromatic carbocycles. The third-order valence-corrected chi connectivity index (χ3v) is 6.69. The van der Waals surface area contributed by atoms with Gasteiger partial charge in [-0.3, -0.25) is 4.98 Å². The Labute approximate surface area is 185 Å². The van der Waals surface area contributed by atoms with Crippen LogP contribution in [0.2, 0.25) is 0 Å². The van der Waals surface area contributed by atoms with E-state index in [4.69, 9.17) is 14.6 Å². The number of rotatable bonds is 3. The Morgan fingerprint density at radius 1 is 1.23 bits per heavy atom. The highest BCUT2D eigenvalue weighted by Crippen LogP contribution is 2.46. The molecule has 3 atom stereocenters. The molecular formula is C24H26FNO4S. The Hall–Kier alpha value is -2.16. The highest BCUT2D eigenvalue weighted by molar-refractivity contribution is 7.15. The largest absolute Gasteiger partial charge is 0.400 e. The van der Waals surface area contributed by atoms with Gasteiger partial charge >= 0.3 is 0 Å². The third-order valence-electron chi connectivity index (χ3n) is 5.59. The molecular weight excluding hydrogens is 417 g/mol. The normalized spacial score (nSPS) is 24.5. The molecule has 164 valence electrons. The van der Waals surface area contributed by atoms with E-state index < -0.39 is 11.9 Å². The topological polar surface area (TPSA) is 71.8 Å². The van der Waals surface area contributed by atoms with E-state index in [1.165, 1.54) is 0 Å². The fourth-order valence-electron chi connectivity index (χ4n) is 4.31. The predicted molar refractivity (Wildman–Crippen MR) is 117 cm³/mol. The maximum Gasteiger partial charge on any atom is 0.198 e. The number of benzene rings is 1. The summed E-state index contributed by atoms with van der Waals surface area (Å²) in [6.45, 7) is 2.23. The van der Waals surface area contributed by atoms with Gasteiger partial charge in [-0.1, -0.05) is 6.07 Å². The second-order valence-corrected chi connectivity index (χ2v) is 8.99. The number of fused-ring (bicyclic) bond motifs is 2. The summed E-state index contributed by atoms with van der Waals surface area (Å²) in [6, 6.07) is 13.3. The molecule has 2 unspecified atom stereocenters. The summed E-state index contributed by atoms with van der Waals surface area (Å²) in [5, 5.41) is 17.3. The van der Waals surface area contributed by atoms with Gasteiger partial charge in [0.1, 0.15) is 5.82 Å². The first-order valence-corrected chi connectivity index (χ1v) is 11.1. The van der Waals surface area contributed by atoms with Crippen molar-refractivity contribution in [3.63, 3.8) is 0 Å². The zero-order valence-corrected chi connectivity index (χ0v) is 18.4. The van der Waals surface area contributed by atoms with Crippen molar-refractivity contribution in [3.8, 4) is 10.6 Å². The van der Waals surface area contributed by atoms with Crippen LogP contribution in [0.25, 0.3) is 10.6 Å². The Kier molecular flexibility index (Phi) is 6.50. The van der Waals surface area contributed by atoms with Crippen LogP contribution in [0.3, 0.4) is 0 Å². The van der Waals surface area contributed by atoms with Crippen LogP contribution in [0, 0.1) is 5.82 Å². The van der Waals surface area contributed by atoms with Crippen LogP contribution in [0.4, 0.5) is 4.39 Å². The lowest BCUT2D eigenvalue weighted by Crippen LogP contribution is -2.43. The van der Waals surface area contributed by atoms with Crippen molar-refractivity contribution < 1.29 is 24.1 Å². The molecule has 0 bridgehead atoms. The molecule has 31 heavy (non-hydrogen) atoms. The van der Waals surface area contributed by atoms with Crippen LogP contribution < -0.4 is 0 Å². The van der Waals surface area contributed by atoms with E-state index in [1.807, 2.05) is 43.3 Å². The van der Waals surface area contributed by atoms with Crippen molar-refractivity contribution in [2.45, 2.75) is 50.8 Å². The van der Waals surface area contributed by atoms with E-state index in [0.717, 1.165) is 33.7 Å². The molecule has 0 aliphatic carbocycles. The minimum absolute atomic E-state index is 0.114. The average molecular weight is 444 g/mol. The third kappa shape index (κ3) is 4.42. The summed E-state index contributed by atoms with van der Waals surface area (Å²) in [5.74, 6) is -1.20. The first kappa shape index (κ1) is 22.0.